The van der Waals surface area contributed by atoms with Crippen LogP contribution in [0.1, 0.15) is 25.8 Å². The number of carbonyl (C=O) groups is 3. The Morgan fingerprint density at radius 2 is 2.00 bits per heavy atom. The molecule has 0 saturated carbocycles. The SMILES string of the molecule is CCOC(=O)C1SC(c2ccc(Cl)cc2)=NN1C(=O)CCSC(C)=O. The molecule has 1 aromatic carbocycles. The summed E-state index contributed by atoms with van der Waals surface area (Å²) in [4.78, 5) is 35.6. The molecule has 2 rings (SSSR count). The Kier molecular flexibility index (Phi) is 7.34. The van der Waals surface area contributed by atoms with E-state index in [1.165, 1.54) is 6.92 Å². The highest BCUT2D eigenvalue weighted by atomic mass is 35.5. The number of esters is 1. The minimum atomic E-state index is -0.861. The molecule has 1 amide bonds. The molecule has 1 aromatic rings. The Labute approximate surface area is 159 Å². The zero-order valence-corrected chi connectivity index (χ0v) is 16.1. The van der Waals surface area contributed by atoms with E-state index in [0.29, 0.717) is 15.8 Å². The van der Waals surface area contributed by atoms with Crippen molar-refractivity contribution in [1.82, 2.24) is 5.01 Å². The number of nitrogens with zero attached hydrogens (tertiary/aromatic N) is 2. The Bertz CT molecular complexity index is 694. The topological polar surface area (TPSA) is 76.0 Å². The lowest BCUT2D eigenvalue weighted by Gasteiger charge is -2.18. The molecule has 1 aliphatic rings. The van der Waals surface area contributed by atoms with Crippen molar-refractivity contribution in [2.45, 2.75) is 25.6 Å². The molecule has 0 fully saturated rings. The van der Waals surface area contributed by atoms with Gasteiger partial charge >= 0.3 is 5.97 Å². The number of hydrogen-bond donors (Lipinski definition) is 0. The number of benzene rings is 1. The number of thioether (sulfide) groups is 2. The Hall–Kier alpha value is -1.51. The van der Waals surface area contributed by atoms with E-state index in [-0.39, 0.29) is 24.1 Å². The highest BCUT2D eigenvalue weighted by Gasteiger charge is 2.38. The third-order valence-electron chi connectivity index (χ3n) is 3.10. The van der Waals surface area contributed by atoms with Crippen molar-refractivity contribution in [2.24, 2.45) is 5.10 Å². The quantitative estimate of drug-likeness (QED) is 0.683. The summed E-state index contributed by atoms with van der Waals surface area (Å²) < 4.78 is 5.04. The Balaban J connectivity index is 2.17. The van der Waals surface area contributed by atoms with Gasteiger partial charge in [-0.3, -0.25) is 9.59 Å². The lowest BCUT2D eigenvalue weighted by atomic mass is 10.2. The minimum absolute atomic E-state index is 0.0594. The first kappa shape index (κ1) is 19.8. The van der Waals surface area contributed by atoms with Crippen molar-refractivity contribution in [1.29, 1.82) is 0 Å². The molecule has 1 unspecified atom stereocenters. The molecule has 0 aliphatic carbocycles. The number of hydrazone groups is 1. The Morgan fingerprint density at radius 1 is 1.32 bits per heavy atom. The first-order chi connectivity index (χ1) is 11.9. The molecule has 1 heterocycles. The first-order valence-electron chi connectivity index (χ1n) is 7.55. The molecule has 25 heavy (non-hydrogen) atoms. The van der Waals surface area contributed by atoms with Gasteiger partial charge in [0.15, 0.2) is 5.12 Å². The van der Waals surface area contributed by atoms with Gasteiger partial charge in [0.1, 0.15) is 5.04 Å². The van der Waals surface area contributed by atoms with Crippen LogP contribution in [0.4, 0.5) is 0 Å². The largest absolute Gasteiger partial charge is 0.464 e. The van der Waals surface area contributed by atoms with Crippen LogP contribution in [0.5, 0.6) is 0 Å². The van der Waals surface area contributed by atoms with Crippen molar-refractivity contribution < 1.29 is 19.1 Å². The molecule has 134 valence electrons. The van der Waals surface area contributed by atoms with Crippen LogP contribution in [-0.2, 0) is 19.1 Å². The molecule has 0 bridgehead atoms. The summed E-state index contributed by atoms with van der Waals surface area (Å²) >= 11 is 8.11. The molecule has 0 N–H and O–H groups in total. The monoisotopic (exact) mass is 400 g/mol. The fraction of sp³-hybridized carbons (Fsp3) is 0.375. The number of carbonyl (C=O) groups excluding carboxylic acids is 3. The molecule has 6 nitrogen and oxygen atoms in total. The van der Waals surface area contributed by atoms with Gasteiger partial charge < -0.3 is 4.74 Å². The lowest BCUT2D eigenvalue weighted by Crippen LogP contribution is -2.38. The number of hydrogen-bond acceptors (Lipinski definition) is 7. The first-order valence-corrected chi connectivity index (χ1v) is 9.80. The average molecular weight is 401 g/mol. The van der Waals surface area contributed by atoms with Crippen LogP contribution in [0.25, 0.3) is 0 Å². The number of ether oxygens (including phenoxy) is 1. The third-order valence-corrected chi connectivity index (χ3v) is 5.32. The van der Waals surface area contributed by atoms with Crippen LogP contribution in [0.2, 0.25) is 5.02 Å². The Morgan fingerprint density at radius 3 is 2.60 bits per heavy atom. The number of rotatable bonds is 6. The van der Waals surface area contributed by atoms with Crippen LogP contribution >= 0.6 is 35.1 Å². The summed E-state index contributed by atoms with van der Waals surface area (Å²) in [5.41, 5.74) is 0.761. The number of halogens is 1. The number of amides is 1. The zero-order valence-electron chi connectivity index (χ0n) is 13.7. The molecule has 0 radical (unpaired) electrons. The second kappa shape index (κ2) is 9.26. The molecule has 1 atom stereocenters. The van der Waals surface area contributed by atoms with Crippen LogP contribution < -0.4 is 0 Å². The third kappa shape index (κ3) is 5.49. The fourth-order valence-corrected chi connectivity index (χ4v) is 3.73. The maximum atomic E-state index is 12.4. The summed E-state index contributed by atoms with van der Waals surface area (Å²) in [6.45, 7) is 3.36. The van der Waals surface area contributed by atoms with Gasteiger partial charge in [-0.1, -0.05) is 47.3 Å². The van der Waals surface area contributed by atoms with Gasteiger partial charge in [0.2, 0.25) is 11.3 Å². The van der Waals surface area contributed by atoms with Gasteiger partial charge in [-0.2, -0.15) is 5.10 Å². The van der Waals surface area contributed by atoms with Crippen LogP contribution in [0.3, 0.4) is 0 Å². The van der Waals surface area contributed by atoms with E-state index in [2.05, 4.69) is 5.10 Å². The van der Waals surface area contributed by atoms with Crippen LogP contribution in [-0.4, -0.2) is 44.8 Å². The summed E-state index contributed by atoms with van der Waals surface area (Å²) in [5, 5.41) is 5.65. The smallest absolute Gasteiger partial charge is 0.341 e. The van der Waals surface area contributed by atoms with Crippen LogP contribution in [0.15, 0.2) is 29.4 Å². The van der Waals surface area contributed by atoms with Gasteiger partial charge in [-0.15, -0.1) is 0 Å². The predicted molar refractivity (Wildman–Crippen MR) is 101 cm³/mol. The average Bonchev–Trinajstić information content (AvgIpc) is 3.01. The molecular weight excluding hydrogens is 384 g/mol. The van der Waals surface area contributed by atoms with Crippen molar-refractivity contribution in [3.8, 4) is 0 Å². The van der Waals surface area contributed by atoms with E-state index in [1.807, 2.05) is 0 Å². The molecule has 0 spiro atoms. The van der Waals surface area contributed by atoms with Gasteiger partial charge in [0, 0.05) is 29.7 Å². The fourth-order valence-electron chi connectivity index (χ4n) is 1.99. The summed E-state index contributed by atoms with van der Waals surface area (Å²) in [6.07, 6.45) is 0.109. The highest BCUT2D eigenvalue weighted by molar-refractivity contribution is 8.15. The highest BCUT2D eigenvalue weighted by Crippen LogP contribution is 2.31. The van der Waals surface area contributed by atoms with Crippen molar-refractivity contribution in [2.75, 3.05) is 12.4 Å². The molecule has 0 aromatic heterocycles. The summed E-state index contributed by atoms with van der Waals surface area (Å²) in [5.74, 6) is -0.507. The maximum absolute atomic E-state index is 12.4. The standard InChI is InChI=1S/C16H17ClN2O4S2/c1-3-23-16(22)15-19(13(21)8-9-24-10(2)20)18-14(25-15)11-4-6-12(17)7-5-11/h4-7,15H,3,8-9H2,1-2H3. The second-order valence-corrected chi connectivity index (χ2v) is 7.74. The second-order valence-electron chi connectivity index (χ2n) is 4.96. The van der Waals surface area contributed by atoms with E-state index in [0.717, 1.165) is 34.1 Å². The molecule has 0 saturated heterocycles. The van der Waals surface area contributed by atoms with Gasteiger partial charge in [-0.05, 0) is 19.1 Å². The van der Waals surface area contributed by atoms with Crippen molar-refractivity contribution >= 4 is 57.2 Å². The normalized spacial score (nSPS) is 16.5. The van der Waals surface area contributed by atoms with E-state index >= 15 is 0 Å². The van der Waals surface area contributed by atoms with Crippen LogP contribution in [0, 0.1) is 0 Å². The summed E-state index contributed by atoms with van der Waals surface area (Å²) in [6, 6.07) is 6.98. The van der Waals surface area contributed by atoms with E-state index in [9.17, 15) is 14.4 Å². The molecule has 9 heteroatoms. The van der Waals surface area contributed by atoms with E-state index < -0.39 is 11.3 Å². The zero-order chi connectivity index (χ0) is 18.4. The molecular formula is C16H17ClN2O4S2. The van der Waals surface area contributed by atoms with E-state index in [1.54, 1.807) is 31.2 Å². The van der Waals surface area contributed by atoms with Crippen molar-refractivity contribution in [3.05, 3.63) is 34.9 Å². The van der Waals surface area contributed by atoms with Gasteiger partial charge in [0.25, 0.3) is 0 Å². The predicted octanol–water partition coefficient (Wildman–Crippen LogP) is 3.14. The van der Waals surface area contributed by atoms with E-state index in [4.69, 9.17) is 16.3 Å². The van der Waals surface area contributed by atoms with Crippen molar-refractivity contribution in [3.63, 3.8) is 0 Å². The maximum Gasteiger partial charge on any atom is 0.341 e. The van der Waals surface area contributed by atoms with Gasteiger partial charge in [0.05, 0.1) is 6.61 Å². The molecule has 1 aliphatic heterocycles. The summed E-state index contributed by atoms with van der Waals surface area (Å²) in [7, 11) is 0. The minimum Gasteiger partial charge on any atom is -0.464 e. The lowest BCUT2D eigenvalue weighted by molar-refractivity contribution is -0.150. The van der Waals surface area contributed by atoms with Gasteiger partial charge in [-0.25, -0.2) is 9.80 Å².